The van der Waals surface area contributed by atoms with Gasteiger partial charge in [0.2, 0.25) is 0 Å². The lowest BCUT2D eigenvalue weighted by atomic mass is 10.1. The fourth-order valence-electron chi connectivity index (χ4n) is 2.16. The maximum Gasteiger partial charge on any atom is 0.294 e. The summed E-state index contributed by atoms with van der Waals surface area (Å²) in [7, 11) is -4.22. The molecule has 0 aliphatic rings. The topological polar surface area (TPSA) is 80.7 Å². The van der Waals surface area contributed by atoms with Crippen LogP contribution in [0, 0.1) is 0 Å². The molecule has 0 heterocycles. The Labute approximate surface area is 126 Å². The highest BCUT2D eigenvalue weighted by molar-refractivity contribution is 7.85. The van der Waals surface area contributed by atoms with Crippen molar-refractivity contribution in [1.82, 2.24) is 0 Å². The van der Waals surface area contributed by atoms with E-state index in [-0.39, 0.29) is 4.90 Å². The molecular weight excluding hydrogens is 292 g/mol. The van der Waals surface area contributed by atoms with Crippen LogP contribution < -0.4 is 4.74 Å². The lowest BCUT2D eigenvalue weighted by molar-refractivity contribution is -0.107. The van der Waals surface area contributed by atoms with Crippen LogP contribution in [0.25, 0.3) is 0 Å². The zero-order valence-electron chi connectivity index (χ0n) is 12.2. The summed E-state index contributed by atoms with van der Waals surface area (Å²) in [6, 6.07) is 4.58. The zero-order chi connectivity index (χ0) is 15.7. The fraction of sp³-hybridized carbons (Fsp3) is 0.533. The van der Waals surface area contributed by atoms with Crippen LogP contribution in [0.2, 0.25) is 0 Å². The summed E-state index contributed by atoms with van der Waals surface area (Å²) in [4.78, 5) is 10.1. The minimum atomic E-state index is -4.22. The zero-order valence-corrected chi connectivity index (χ0v) is 13.1. The number of hydrogen-bond acceptors (Lipinski definition) is 4. The normalized spacial score (nSPS) is 11.3. The predicted octanol–water partition coefficient (Wildman–Crippen LogP) is 3.02. The number of carbonyl (C=O) groups excluding carboxylic acids is 1. The number of unbranched alkanes of at least 4 members (excludes halogenated alkanes) is 4. The third-order valence-electron chi connectivity index (χ3n) is 3.14. The van der Waals surface area contributed by atoms with E-state index in [1.54, 1.807) is 12.1 Å². The van der Waals surface area contributed by atoms with Crippen LogP contribution in [0.4, 0.5) is 0 Å². The van der Waals surface area contributed by atoms with Gasteiger partial charge < -0.3 is 9.53 Å². The van der Waals surface area contributed by atoms with E-state index in [2.05, 4.69) is 0 Å². The van der Waals surface area contributed by atoms with E-state index in [0.29, 0.717) is 30.8 Å². The summed E-state index contributed by atoms with van der Waals surface area (Å²) in [6.45, 7) is 2.35. The van der Waals surface area contributed by atoms with Crippen LogP contribution in [0.15, 0.2) is 23.1 Å². The van der Waals surface area contributed by atoms with Gasteiger partial charge in [-0.25, -0.2) is 0 Å². The number of hydrogen-bond donors (Lipinski definition) is 1. The van der Waals surface area contributed by atoms with Gasteiger partial charge in [-0.15, -0.1) is 0 Å². The Morgan fingerprint density at radius 2 is 1.90 bits per heavy atom. The standard InChI is InChI=1S/C15H22O5S/c1-2-20-14-9-10-15(21(17,18)19)13(12-14)8-6-4-3-5-7-11-16/h9-12H,2-8H2,1H3,(H,17,18,19). The maximum absolute atomic E-state index is 11.4. The molecule has 0 bridgehead atoms. The molecule has 0 fully saturated rings. The van der Waals surface area contributed by atoms with Crippen molar-refractivity contribution in [2.24, 2.45) is 0 Å². The van der Waals surface area contributed by atoms with E-state index in [0.717, 1.165) is 32.0 Å². The highest BCUT2D eigenvalue weighted by Gasteiger charge is 2.15. The first-order valence-electron chi connectivity index (χ1n) is 7.16. The van der Waals surface area contributed by atoms with E-state index < -0.39 is 10.1 Å². The largest absolute Gasteiger partial charge is 0.494 e. The molecule has 0 saturated heterocycles. The number of aldehydes is 1. The van der Waals surface area contributed by atoms with E-state index >= 15 is 0 Å². The minimum absolute atomic E-state index is 0.0566. The number of rotatable bonds is 10. The van der Waals surface area contributed by atoms with Gasteiger partial charge in [-0.3, -0.25) is 4.55 Å². The second-order valence-electron chi connectivity index (χ2n) is 4.80. The Hall–Kier alpha value is -1.40. The van der Waals surface area contributed by atoms with Crippen molar-refractivity contribution in [3.8, 4) is 5.75 Å². The SMILES string of the molecule is CCOc1ccc(S(=O)(=O)O)c(CCCCCCC=O)c1. The smallest absolute Gasteiger partial charge is 0.294 e. The molecule has 1 N–H and O–H groups in total. The Morgan fingerprint density at radius 1 is 1.19 bits per heavy atom. The number of benzene rings is 1. The molecule has 0 saturated carbocycles. The third kappa shape index (κ3) is 6.27. The van der Waals surface area contributed by atoms with Gasteiger partial charge in [-0.2, -0.15) is 8.42 Å². The van der Waals surface area contributed by atoms with Crippen molar-refractivity contribution in [2.75, 3.05) is 6.61 Å². The summed E-state index contributed by atoms with van der Waals surface area (Å²) >= 11 is 0. The van der Waals surface area contributed by atoms with Crippen LogP contribution in [0.1, 0.15) is 44.6 Å². The first-order chi connectivity index (χ1) is 9.99. The van der Waals surface area contributed by atoms with Gasteiger partial charge in [-0.1, -0.05) is 12.8 Å². The molecule has 5 nitrogen and oxygen atoms in total. The van der Waals surface area contributed by atoms with Crippen molar-refractivity contribution in [1.29, 1.82) is 0 Å². The molecule has 0 aromatic heterocycles. The second-order valence-corrected chi connectivity index (χ2v) is 6.19. The first kappa shape index (κ1) is 17.7. The summed E-state index contributed by atoms with van der Waals surface area (Å²) in [5.41, 5.74) is 0.568. The molecule has 1 aromatic carbocycles. The molecule has 0 radical (unpaired) electrons. The molecular formula is C15H22O5S. The van der Waals surface area contributed by atoms with Gasteiger partial charge in [0.25, 0.3) is 10.1 Å². The monoisotopic (exact) mass is 314 g/mol. The van der Waals surface area contributed by atoms with Crippen LogP contribution in [-0.4, -0.2) is 25.9 Å². The fourth-order valence-corrected chi connectivity index (χ4v) is 2.89. The van der Waals surface area contributed by atoms with Gasteiger partial charge in [0.05, 0.1) is 11.5 Å². The molecule has 6 heteroatoms. The maximum atomic E-state index is 11.4. The van der Waals surface area contributed by atoms with Crippen LogP contribution in [0.3, 0.4) is 0 Å². The average Bonchev–Trinajstić information content (AvgIpc) is 2.42. The van der Waals surface area contributed by atoms with E-state index in [4.69, 9.17) is 4.74 Å². The molecule has 0 unspecified atom stereocenters. The first-order valence-corrected chi connectivity index (χ1v) is 8.60. The van der Waals surface area contributed by atoms with Crippen molar-refractivity contribution < 1.29 is 22.5 Å². The minimum Gasteiger partial charge on any atom is -0.494 e. The number of ether oxygens (including phenoxy) is 1. The quantitative estimate of drug-likeness (QED) is 0.408. The number of carbonyl (C=O) groups is 1. The molecule has 0 atom stereocenters. The van der Waals surface area contributed by atoms with Crippen molar-refractivity contribution in [2.45, 2.75) is 50.3 Å². The molecule has 1 rings (SSSR count). The van der Waals surface area contributed by atoms with E-state index in [9.17, 15) is 17.8 Å². The van der Waals surface area contributed by atoms with Crippen LogP contribution in [-0.2, 0) is 21.3 Å². The summed E-state index contributed by atoms with van der Waals surface area (Å²) < 4.78 is 37.4. The lowest BCUT2D eigenvalue weighted by Crippen LogP contribution is -2.04. The van der Waals surface area contributed by atoms with Gasteiger partial charge in [0, 0.05) is 6.42 Å². The Morgan fingerprint density at radius 3 is 2.52 bits per heavy atom. The third-order valence-corrected chi connectivity index (χ3v) is 4.09. The van der Waals surface area contributed by atoms with Gasteiger partial charge in [0.1, 0.15) is 12.0 Å². The number of aryl methyl sites for hydroxylation is 1. The van der Waals surface area contributed by atoms with Crippen LogP contribution >= 0.6 is 0 Å². The molecule has 0 spiro atoms. The Balaban J connectivity index is 2.72. The molecule has 1 aromatic rings. The molecule has 0 aliphatic heterocycles. The highest BCUT2D eigenvalue weighted by atomic mass is 32.2. The van der Waals surface area contributed by atoms with Crippen LogP contribution in [0.5, 0.6) is 5.75 Å². The lowest BCUT2D eigenvalue weighted by Gasteiger charge is -2.10. The summed E-state index contributed by atoms with van der Waals surface area (Å²) in [6.07, 6.45) is 5.53. The predicted molar refractivity (Wildman–Crippen MR) is 80.3 cm³/mol. The van der Waals surface area contributed by atoms with E-state index in [1.807, 2.05) is 6.92 Å². The Bertz CT molecular complexity index is 551. The van der Waals surface area contributed by atoms with Gasteiger partial charge >= 0.3 is 0 Å². The highest BCUT2D eigenvalue weighted by Crippen LogP contribution is 2.24. The molecule has 0 amide bonds. The van der Waals surface area contributed by atoms with Crippen molar-refractivity contribution >= 4 is 16.4 Å². The van der Waals surface area contributed by atoms with Gasteiger partial charge in [0.15, 0.2) is 0 Å². The summed E-state index contributed by atoms with van der Waals surface area (Å²) in [5, 5.41) is 0. The van der Waals surface area contributed by atoms with Crippen molar-refractivity contribution in [3.63, 3.8) is 0 Å². The second kappa shape index (κ2) is 8.79. The van der Waals surface area contributed by atoms with Crippen molar-refractivity contribution in [3.05, 3.63) is 23.8 Å². The molecule has 118 valence electrons. The Kier molecular flexibility index (Phi) is 7.39. The van der Waals surface area contributed by atoms with Gasteiger partial charge in [-0.05, 0) is 49.9 Å². The average molecular weight is 314 g/mol. The van der Waals surface area contributed by atoms with E-state index in [1.165, 1.54) is 6.07 Å². The molecule has 21 heavy (non-hydrogen) atoms. The molecule has 0 aliphatic carbocycles. The summed E-state index contributed by atoms with van der Waals surface area (Å²) in [5.74, 6) is 0.598.